The first-order valence-electron chi connectivity index (χ1n) is 7.76. The number of rotatable bonds is 7. The summed E-state index contributed by atoms with van der Waals surface area (Å²) in [5.74, 6) is -0.521. The number of carbonyl (C=O) groups excluding carboxylic acids is 2. The molecule has 0 fully saturated rings. The molecule has 4 nitrogen and oxygen atoms in total. The van der Waals surface area contributed by atoms with Crippen molar-refractivity contribution in [1.29, 1.82) is 0 Å². The number of nitrogens with zero attached hydrogens (tertiary/aromatic N) is 1. The molecule has 2 aromatic carbocycles. The largest absolute Gasteiger partial charge is 0.469 e. The molecule has 0 aliphatic heterocycles. The fourth-order valence-electron chi connectivity index (χ4n) is 2.36. The Hall–Kier alpha value is -2.33. The standard InChI is InChI=1S/C19H20ClNO3/c1-24-18(22)12-14-21(13-11-15-7-3-2-4-8-15)19(23)16-9-5-6-10-17(16)20/h2-10H,11-14H2,1H3. The molecule has 0 bridgehead atoms. The van der Waals surface area contributed by atoms with Crippen LogP contribution >= 0.6 is 11.6 Å². The van der Waals surface area contributed by atoms with Crippen LogP contribution < -0.4 is 0 Å². The van der Waals surface area contributed by atoms with Crippen molar-refractivity contribution >= 4 is 23.5 Å². The van der Waals surface area contributed by atoms with E-state index in [0.717, 1.165) is 5.56 Å². The average Bonchev–Trinajstić information content (AvgIpc) is 2.62. The van der Waals surface area contributed by atoms with Gasteiger partial charge in [-0.15, -0.1) is 0 Å². The van der Waals surface area contributed by atoms with Gasteiger partial charge in [0.05, 0.1) is 24.1 Å². The van der Waals surface area contributed by atoms with Crippen molar-refractivity contribution in [2.45, 2.75) is 12.8 Å². The van der Waals surface area contributed by atoms with Gasteiger partial charge in [0.25, 0.3) is 5.91 Å². The minimum atomic E-state index is -0.341. The van der Waals surface area contributed by atoms with Gasteiger partial charge in [0.2, 0.25) is 0 Å². The molecule has 0 aliphatic carbocycles. The summed E-state index contributed by atoms with van der Waals surface area (Å²) >= 11 is 6.13. The van der Waals surface area contributed by atoms with E-state index in [1.165, 1.54) is 7.11 Å². The Morgan fingerprint density at radius 2 is 1.67 bits per heavy atom. The minimum absolute atomic E-state index is 0.154. The van der Waals surface area contributed by atoms with Crippen molar-refractivity contribution in [2.24, 2.45) is 0 Å². The molecule has 0 N–H and O–H groups in total. The number of halogens is 1. The molecule has 5 heteroatoms. The summed E-state index contributed by atoms with van der Waals surface area (Å²) in [6.45, 7) is 0.800. The molecule has 0 spiro atoms. The predicted octanol–water partition coefficient (Wildman–Crippen LogP) is 3.59. The van der Waals surface area contributed by atoms with Crippen molar-refractivity contribution in [3.05, 3.63) is 70.7 Å². The molecule has 24 heavy (non-hydrogen) atoms. The SMILES string of the molecule is COC(=O)CCN(CCc1ccccc1)C(=O)c1ccccc1Cl. The monoisotopic (exact) mass is 345 g/mol. The quantitative estimate of drug-likeness (QED) is 0.720. The second-order valence-corrected chi connectivity index (χ2v) is 5.74. The first-order valence-corrected chi connectivity index (χ1v) is 8.14. The maximum absolute atomic E-state index is 12.8. The minimum Gasteiger partial charge on any atom is -0.469 e. The van der Waals surface area contributed by atoms with Crippen molar-refractivity contribution in [1.82, 2.24) is 4.90 Å². The van der Waals surface area contributed by atoms with Gasteiger partial charge in [0.15, 0.2) is 0 Å². The van der Waals surface area contributed by atoms with E-state index in [9.17, 15) is 9.59 Å². The Kier molecular flexibility index (Phi) is 6.82. The lowest BCUT2D eigenvalue weighted by atomic mass is 10.1. The van der Waals surface area contributed by atoms with Gasteiger partial charge in [-0.1, -0.05) is 54.1 Å². The first-order chi connectivity index (χ1) is 11.6. The van der Waals surface area contributed by atoms with Crippen LogP contribution in [0.25, 0.3) is 0 Å². The Bertz CT molecular complexity index is 688. The van der Waals surface area contributed by atoms with Crippen molar-refractivity contribution in [2.75, 3.05) is 20.2 Å². The molecule has 0 saturated carbocycles. The third kappa shape index (κ3) is 5.10. The first kappa shape index (κ1) is 18.0. The van der Waals surface area contributed by atoms with Crippen LogP contribution in [-0.4, -0.2) is 37.0 Å². The lowest BCUT2D eigenvalue weighted by Crippen LogP contribution is -2.35. The van der Waals surface area contributed by atoms with Crippen molar-refractivity contribution in [3.8, 4) is 0 Å². The van der Waals surface area contributed by atoms with Gasteiger partial charge in [0.1, 0.15) is 0 Å². The summed E-state index contributed by atoms with van der Waals surface area (Å²) in [7, 11) is 1.34. The van der Waals surface area contributed by atoms with Crippen LogP contribution in [0.2, 0.25) is 5.02 Å². The van der Waals surface area contributed by atoms with E-state index in [0.29, 0.717) is 30.1 Å². The third-order valence-electron chi connectivity index (χ3n) is 3.72. The van der Waals surface area contributed by atoms with Gasteiger partial charge >= 0.3 is 5.97 Å². The second kappa shape index (κ2) is 9.08. The summed E-state index contributed by atoms with van der Waals surface area (Å²) in [6.07, 6.45) is 0.861. The maximum Gasteiger partial charge on any atom is 0.307 e. The highest BCUT2D eigenvalue weighted by Gasteiger charge is 2.19. The smallest absolute Gasteiger partial charge is 0.307 e. The number of hydrogen-bond acceptors (Lipinski definition) is 3. The average molecular weight is 346 g/mol. The maximum atomic E-state index is 12.8. The fourth-order valence-corrected chi connectivity index (χ4v) is 2.57. The summed E-state index contributed by atoms with van der Waals surface area (Å²) in [5, 5.41) is 0.408. The molecule has 2 aromatic rings. The van der Waals surface area contributed by atoms with Crippen LogP contribution in [-0.2, 0) is 16.0 Å². The number of benzene rings is 2. The fraction of sp³-hybridized carbons (Fsp3) is 0.263. The molecule has 0 aliphatic rings. The van der Waals surface area contributed by atoms with Gasteiger partial charge in [-0.25, -0.2) is 0 Å². The zero-order valence-corrected chi connectivity index (χ0v) is 14.3. The molecule has 2 rings (SSSR count). The van der Waals surface area contributed by atoms with E-state index in [4.69, 9.17) is 11.6 Å². The van der Waals surface area contributed by atoms with Crippen LogP contribution in [0, 0.1) is 0 Å². The molecule has 0 atom stereocenters. The normalized spacial score (nSPS) is 10.2. The van der Waals surface area contributed by atoms with Crippen molar-refractivity contribution in [3.63, 3.8) is 0 Å². The van der Waals surface area contributed by atoms with E-state index in [1.54, 1.807) is 29.2 Å². The van der Waals surface area contributed by atoms with Crippen molar-refractivity contribution < 1.29 is 14.3 Å². The van der Waals surface area contributed by atoms with Crippen LogP contribution in [0.3, 0.4) is 0 Å². The van der Waals surface area contributed by atoms with E-state index >= 15 is 0 Å². The van der Waals surface area contributed by atoms with Gasteiger partial charge in [-0.05, 0) is 24.1 Å². The molecule has 0 unspecified atom stereocenters. The molecule has 126 valence electrons. The van der Waals surface area contributed by atoms with Crippen LogP contribution in [0.1, 0.15) is 22.3 Å². The number of esters is 1. The highest BCUT2D eigenvalue weighted by molar-refractivity contribution is 6.33. The molecule has 0 heterocycles. The molecule has 0 aromatic heterocycles. The topological polar surface area (TPSA) is 46.6 Å². The number of carbonyl (C=O) groups is 2. The molecule has 0 radical (unpaired) electrons. The lowest BCUT2D eigenvalue weighted by Gasteiger charge is -2.23. The summed E-state index contributed by atoms with van der Waals surface area (Å²) < 4.78 is 4.67. The Morgan fingerprint density at radius 3 is 2.33 bits per heavy atom. The zero-order valence-electron chi connectivity index (χ0n) is 13.6. The highest BCUT2D eigenvalue weighted by Crippen LogP contribution is 2.18. The summed E-state index contributed by atoms with van der Waals surface area (Å²) in [6, 6.07) is 16.8. The third-order valence-corrected chi connectivity index (χ3v) is 4.05. The summed E-state index contributed by atoms with van der Waals surface area (Å²) in [4.78, 5) is 25.9. The van der Waals surface area contributed by atoms with Crippen LogP contribution in [0.5, 0.6) is 0 Å². The highest BCUT2D eigenvalue weighted by atomic mass is 35.5. The van der Waals surface area contributed by atoms with E-state index in [1.807, 2.05) is 30.3 Å². The number of methoxy groups -OCH3 is 1. The van der Waals surface area contributed by atoms with Crippen LogP contribution in [0.4, 0.5) is 0 Å². The number of amides is 1. The number of ether oxygens (including phenoxy) is 1. The Labute approximate surface area is 147 Å². The predicted molar refractivity (Wildman–Crippen MR) is 94.1 cm³/mol. The molecule has 0 saturated heterocycles. The Morgan fingerprint density at radius 1 is 1.00 bits per heavy atom. The van der Waals surface area contributed by atoms with Gasteiger partial charge in [0, 0.05) is 13.1 Å². The van der Waals surface area contributed by atoms with Gasteiger partial charge in [-0.3, -0.25) is 9.59 Å². The number of hydrogen-bond donors (Lipinski definition) is 0. The summed E-state index contributed by atoms with van der Waals surface area (Å²) in [5.41, 5.74) is 1.57. The zero-order chi connectivity index (χ0) is 17.4. The second-order valence-electron chi connectivity index (χ2n) is 5.33. The van der Waals surface area contributed by atoms with Gasteiger partial charge < -0.3 is 9.64 Å². The molecular weight excluding hydrogens is 326 g/mol. The Balaban J connectivity index is 2.11. The van der Waals surface area contributed by atoms with E-state index in [-0.39, 0.29) is 18.3 Å². The lowest BCUT2D eigenvalue weighted by molar-refractivity contribution is -0.140. The van der Waals surface area contributed by atoms with Gasteiger partial charge in [-0.2, -0.15) is 0 Å². The molecule has 1 amide bonds. The van der Waals surface area contributed by atoms with Crippen LogP contribution in [0.15, 0.2) is 54.6 Å². The van der Waals surface area contributed by atoms with E-state index < -0.39 is 0 Å². The molecular formula is C19H20ClNO3. The van der Waals surface area contributed by atoms with E-state index in [2.05, 4.69) is 4.74 Å².